The van der Waals surface area contributed by atoms with Gasteiger partial charge in [-0.2, -0.15) is 0 Å². The van der Waals surface area contributed by atoms with Crippen molar-refractivity contribution in [2.24, 2.45) is 0 Å². The largest absolute Gasteiger partial charge is 0.314 e. The van der Waals surface area contributed by atoms with E-state index in [0.717, 1.165) is 42.6 Å². The molecule has 4 heteroatoms. The fraction of sp³-hybridized carbons (Fsp3) is 0.538. The average molecular weight is 301 g/mol. The molecule has 0 radical (unpaired) electrons. The van der Waals surface area contributed by atoms with E-state index >= 15 is 0 Å². The van der Waals surface area contributed by atoms with Gasteiger partial charge in [0.1, 0.15) is 5.82 Å². The molecule has 1 aliphatic heterocycles. The van der Waals surface area contributed by atoms with E-state index in [0.29, 0.717) is 6.04 Å². The van der Waals surface area contributed by atoms with E-state index in [-0.39, 0.29) is 5.82 Å². The van der Waals surface area contributed by atoms with Crippen molar-refractivity contribution in [3.05, 3.63) is 34.1 Å². The number of halogens is 2. The maximum Gasteiger partial charge on any atom is 0.126 e. The van der Waals surface area contributed by atoms with Crippen molar-refractivity contribution in [3.63, 3.8) is 0 Å². The minimum atomic E-state index is -0.101. The van der Waals surface area contributed by atoms with Crippen LogP contribution in [0.4, 0.5) is 4.39 Å². The first-order valence-electron chi connectivity index (χ1n) is 6.05. The van der Waals surface area contributed by atoms with Crippen molar-refractivity contribution in [1.82, 2.24) is 10.2 Å². The van der Waals surface area contributed by atoms with Gasteiger partial charge in [0.2, 0.25) is 0 Å². The van der Waals surface area contributed by atoms with Crippen LogP contribution in [-0.2, 0) is 6.42 Å². The van der Waals surface area contributed by atoms with Crippen LogP contribution < -0.4 is 5.32 Å². The van der Waals surface area contributed by atoms with Crippen molar-refractivity contribution in [1.29, 1.82) is 0 Å². The summed E-state index contributed by atoms with van der Waals surface area (Å²) in [7, 11) is 0. The van der Waals surface area contributed by atoms with Crippen LogP contribution in [0.3, 0.4) is 0 Å². The van der Waals surface area contributed by atoms with Gasteiger partial charge in [0, 0.05) is 36.7 Å². The first-order chi connectivity index (χ1) is 8.16. The van der Waals surface area contributed by atoms with Gasteiger partial charge in [-0.25, -0.2) is 4.39 Å². The second-order valence-corrected chi connectivity index (χ2v) is 5.49. The van der Waals surface area contributed by atoms with Crippen molar-refractivity contribution in [2.75, 3.05) is 26.2 Å². The molecule has 1 fully saturated rings. The van der Waals surface area contributed by atoms with Crippen LogP contribution >= 0.6 is 15.9 Å². The Labute approximate surface area is 110 Å². The molecule has 0 aromatic heterocycles. The summed E-state index contributed by atoms with van der Waals surface area (Å²) in [5.41, 5.74) is 0.796. The molecule has 94 valence electrons. The van der Waals surface area contributed by atoms with E-state index in [1.165, 1.54) is 6.07 Å². The standard InChI is InChI=1S/C13H18BrFN2/c1-10-9-16-5-7-17(10)6-4-11-8-12(14)2-3-13(11)15/h2-3,8,10,16H,4-7,9H2,1H3/t10-/m1/s1. The molecule has 0 bridgehead atoms. The topological polar surface area (TPSA) is 15.3 Å². The Hall–Kier alpha value is -0.450. The minimum absolute atomic E-state index is 0.101. The lowest BCUT2D eigenvalue weighted by Gasteiger charge is -2.33. The zero-order valence-electron chi connectivity index (χ0n) is 10.0. The van der Waals surface area contributed by atoms with Gasteiger partial charge < -0.3 is 5.32 Å². The maximum absolute atomic E-state index is 13.6. The molecule has 1 aromatic carbocycles. The smallest absolute Gasteiger partial charge is 0.126 e. The van der Waals surface area contributed by atoms with Gasteiger partial charge in [-0.1, -0.05) is 15.9 Å². The van der Waals surface area contributed by atoms with Crippen LogP contribution in [0.25, 0.3) is 0 Å². The minimum Gasteiger partial charge on any atom is -0.314 e. The molecule has 17 heavy (non-hydrogen) atoms. The van der Waals surface area contributed by atoms with Gasteiger partial charge in [-0.05, 0) is 37.1 Å². The highest BCUT2D eigenvalue weighted by atomic mass is 79.9. The van der Waals surface area contributed by atoms with Crippen LogP contribution in [0, 0.1) is 5.82 Å². The van der Waals surface area contributed by atoms with Gasteiger partial charge in [-0.3, -0.25) is 4.90 Å². The molecule has 1 N–H and O–H groups in total. The SMILES string of the molecule is C[C@@H]1CNCCN1CCc1cc(Br)ccc1F. The van der Waals surface area contributed by atoms with Gasteiger partial charge in [0.25, 0.3) is 0 Å². The second-order valence-electron chi connectivity index (χ2n) is 4.57. The fourth-order valence-electron chi connectivity index (χ4n) is 2.21. The average Bonchev–Trinajstić information content (AvgIpc) is 2.32. The molecule has 2 nitrogen and oxygen atoms in total. The number of rotatable bonds is 3. The van der Waals surface area contributed by atoms with E-state index in [9.17, 15) is 4.39 Å². The van der Waals surface area contributed by atoms with Crippen molar-refractivity contribution in [2.45, 2.75) is 19.4 Å². The molecule has 0 unspecified atom stereocenters. The third-order valence-corrected chi connectivity index (χ3v) is 3.81. The molecule has 2 rings (SSSR count). The van der Waals surface area contributed by atoms with Crippen molar-refractivity contribution in [3.8, 4) is 0 Å². The molecule has 1 heterocycles. The number of benzene rings is 1. The molecule has 0 aliphatic carbocycles. The Morgan fingerprint density at radius 3 is 3.12 bits per heavy atom. The first kappa shape index (κ1) is 13.0. The number of hydrogen-bond donors (Lipinski definition) is 1. The zero-order valence-corrected chi connectivity index (χ0v) is 11.6. The van der Waals surface area contributed by atoms with Gasteiger partial charge in [0.05, 0.1) is 0 Å². The van der Waals surface area contributed by atoms with Crippen LogP contribution in [0.5, 0.6) is 0 Å². The van der Waals surface area contributed by atoms with E-state index in [2.05, 4.69) is 33.1 Å². The summed E-state index contributed by atoms with van der Waals surface area (Å²) in [6.45, 7) is 6.25. The Balaban J connectivity index is 1.94. The Kier molecular flexibility index (Phi) is 4.54. The lowest BCUT2D eigenvalue weighted by atomic mass is 10.1. The van der Waals surface area contributed by atoms with Crippen LogP contribution in [-0.4, -0.2) is 37.1 Å². The van der Waals surface area contributed by atoms with Gasteiger partial charge in [-0.15, -0.1) is 0 Å². The summed E-state index contributed by atoms with van der Waals surface area (Å²) in [6.07, 6.45) is 0.773. The van der Waals surface area contributed by atoms with Crippen LogP contribution in [0.1, 0.15) is 12.5 Å². The molecule has 0 amide bonds. The van der Waals surface area contributed by atoms with Gasteiger partial charge in [0.15, 0.2) is 0 Å². The predicted octanol–water partition coefficient (Wildman–Crippen LogP) is 2.42. The van der Waals surface area contributed by atoms with Gasteiger partial charge >= 0.3 is 0 Å². The zero-order chi connectivity index (χ0) is 12.3. The van der Waals surface area contributed by atoms with Crippen molar-refractivity contribution < 1.29 is 4.39 Å². The molecule has 0 saturated carbocycles. The third-order valence-electron chi connectivity index (χ3n) is 3.32. The summed E-state index contributed by atoms with van der Waals surface area (Å²) < 4.78 is 14.5. The lowest BCUT2D eigenvalue weighted by Crippen LogP contribution is -2.50. The summed E-state index contributed by atoms with van der Waals surface area (Å²) >= 11 is 3.38. The number of hydrogen-bond acceptors (Lipinski definition) is 2. The molecule has 1 aromatic rings. The summed E-state index contributed by atoms with van der Waals surface area (Å²) in [6, 6.07) is 5.69. The molecular formula is C13H18BrFN2. The lowest BCUT2D eigenvalue weighted by molar-refractivity contribution is 0.175. The Morgan fingerprint density at radius 1 is 1.53 bits per heavy atom. The summed E-state index contributed by atoms with van der Waals surface area (Å²) in [4.78, 5) is 2.41. The second kappa shape index (κ2) is 5.94. The molecular weight excluding hydrogens is 283 g/mol. The van der Waals surface area contributed by atoms with E-state index in [1.54, 1.807) is 6.07 Å². The Morgan fingerprint density at radius 2 is 2.35 bits per heavy atom. The highest BCUT2D eigenvalue weighted by Crippen LogP contribution is 2.16. The molecule has 1 saturated heterocycles. The molecule has 1 aliphatic rings. The first-order valence-corrected chi connectivity index (χ1v) is 6.85. The highest BCUT2D eigenvalue weighted by molar-refractivity contribution is 9.10. The van der Waals surface area contributed by atoms with Crippen LogP contribution in [0.15, 0.2) is 22.7 Å². The van der Waals surface area contributed by atoms with Crippen molar-refractivity contribution >= 4 is 15.9 Å². The third kappa shape index (κ3) is 3.50. The monoisotopic (exact) mass is 300 g/mol. The summed E-state index contributed by atoms with van der Waals surface area (Å²) in [5, 5.41) is 3.36. The molecule has 0 spiro atoms. The van der Waals surface area contributed by atoms with Crippen LogP contribution in [0.2, 0.25) is 0 Å². The normalized spacial score (nSPS) is 21.7. The predicted molar refractivity (Wildman–Crippen MR) is 71.7 cm³/mol. The highest BCUT2D eigenvalue weighted by Gasteiger charge is 2.17. The number of nitrogens with zero attached hydrogens (tertiary/aromatic N) is 1. The number of nitrogens with one attached hydrogen (secondary N) is 1. The fourth-order valence-corrected chi connectivity index (χ4v) is 2.62. The van der Waals surface area contributed by atoms with E-state index in [1.807, 2.05) is 6.07 Å². The quantitative estimate of drug-likeness (QED) is 0.922. The summed E-state index contributed by atoms with van der Waals surface area (Å²) in [5.74, 6) is -0.101. The maximum atomic E-state index is 13.6. The van der Waals surface area contributed by atoms with E-state index < -0.39 is 0 Å². The number of piperazine rings is 1. The molecule has 1 atom stereocenters. The Bertz CT molecular complexity index is 384. The van der Waals surface area contributed by atoms with E-state index in [4.69, 9.17) is 0 Å².